The van der Waals surface area contributed by atoms with Crippen LogP contribution in [0.5, 0.6) is 0 Å². The molecule has 0 aliphatic carbocycles. The number of carbonyl (C=O) groups is 1. The molecule has 0 saturated carbocycles. The number of amides is 1. The lowest BCUT2D eigenvalue weighted by Crippen LogP contribution is -2.47. The fraction of sp³-hybridized carbons (Fsp3) is 0.562. The molecule has 0 spiro atoms. The van der Waals surface area contributed by atoms with Crippen LogP contribution < -0.4 is 11.1 Å². The summed E-state index contributed by atoms with van der Waals surface area (Å²) in [6, 6.07) is 5.91. The Bertz CT molecular complexity index is 543. The largest absolute Gasteiger partial charge is 0.444 e. The molecule has 3 N–H and O–H groups in total. The number of nitrogens with zero attached hydrogens (tertiary/aromatic N) is 1. The van der Waals surface area contributed by atoms with Gasteiger partial charge in [0.15, 0.2) is 0 Å². The van der Waals surface area contributed by atoms with E-state index in [-0.39, 0.29) is 12.1 Å². The van der Waals surface area contributed by atoms with Gasteiger partial charge in [0, 0.05) is 23.6 Å². The van der Waals surface area contributed by atoms with Crippen molar-refractivity contribution < 1.29 is 9.53 Å². The van der Waals surface area contributed by atoms with Gasteiger partial charge in [0.25, 0.3) is 0 Å². The van der Waals surface area contributed by atoms with Crippen LogP contribution >= 0.6 is 15.9 Å². The van der Waals surface area contributed by atoms with E-state index in [0.717, 1.165) is 29.5 Å². The van der Waals surface area contributed by atoms with E-state index in [0.29, 0.717) is 12.2 Å². The van der Waals surface area contributed by atoms with Gasteiger partial charge >= 0.3 is 6.09 Å². The van der Waals surface area contributed by atoms with Gasteiger partial charge in [-0.2, -0.15) is 0 Å². The lowest BCUT2D eigenvalue weighted by atomic mass is 10.1. The van der Waals surface area contributed by atoms with Crippen molar-refractivity contribution in [1.82, 2.24) is 4.90 Å². The standard InChI is InChI=1S/C16H24BrN3O2/c1-16(2,3)22-15(21)20-8-4-5-12(10-20)19-14-9-11(17)6-7-13(14)18/h6-7,9,12,19H,4-5,8,10,18H2,1-3H3/t12-/m0/s1. The Labute approximate surface area is 140 Å². The van der Waals surface area contributed by atoms with E-state index in [1.807, 2.05) is 39.0 Å². The first-order valence-corrected chi connectivity index (χ1v) is 8.33. The van der Waals surface area contributed by atoms with E-state index in [9.17, 15) is 4.79 Å². The first kappa shape index (κ1) is 16.9. The Hall–Kier alpha value is -1.43. The van der Waals surface area contributed by atoms with Gasteiger partial charge in [-0.15, -0.1) is 0 Å². The number of ether oxygens (including phenoxy) is 1. The SMILES string of the molecule is CC(C)(C)OC(=O)N1CCC[C@H](Nc2cc(Br)ccc2N)C1. The maximum atomic E-state index is 12.2. The van der Waals surface area contributed by atoms with Gasteiger partial charge in [-0.25, -0.2) is 4.79 Å². The summed E-state index contributed by atoms with van der Waals surface area (Å²) in [7, 11) is 0. The van der Waals surface area contributed by atoms with Gasteiger partial charge in [0.1, 0.15) is 5.60 Å². The molecule has 0 unspecified atom stereocenters. The minimum atomic E-state index is -0.466. The zero-order chi connectivity index (χ0) is 16.3. The molecule has 22 heavy (non-hydrogen) atoms. The molecule has 1 atom stereocenters. The summed E-state index contributed by atoms with van der Waals surface area (Å²) in [5, 5.41) is 3.43. The van der Waals surface area contributed by atoms with Crippen LogP contribution in [-0.4, -0.2) is 35.7 Å². The normalized spacial score (nSPS) is 18.9. The second-order valence-electron chi connectivity index (χ2n) is 6.64. The molecule has 0 radical (unpaired) electrons. The van der Waals surface area contributed by atoms with Crippen molar-refractivity contribution >= 4 is 33.4 Å². The summed E-state index contributed by atoms with van der Waals surface area (Å²) in [5.41, 5.74) is 7.13. The Balaban J connectivity index is 1.98. The van der Waals surface area contributed by atoms with Crippen LogP contribution in [0.15, 0.2) is 22.7 Å². The van der Waals surface area contributed by atoms with Crippen LogP contribution in [0.3, 0.4) is 0 Å². The van der Waals surface area contributed by atoms with E-state index in [4.69, 9.17) is 10.5 Å². The van der Waals surface area contributed by atoms with Crippen LogP contribution in [0.25, 0.3) is 0 Å². The number of carbonyl (C=O) groups excluding carboxylic acids is 1. The average Bonchev–Trinajstić information content (AvgIpc) is 2.41. The third kappa shape index (κ3) is 4.80. The van der Waals surface area contributed by atoms with Crippen LogP contribution in [0.1, 0.15) is 33.6 Å². The topological polar surface area (TPSA) is 67.6 Å². The van der Waals surface area contributed by atoms with Crippen molar-refractivity contribution in [2.45, 2.75) is 45.3 Å². The van der Waals surface area contributed by atoms with Crippen molar-refractivity contribution in [1.29, 1.82) is 0 Å². The predicted molar refractivity (Wildman–Crippen MR) is 93.0 cm³/mol. The van der Waals surface area contributed by atoms with Crippen molar-refractivity contribution in [2.75, 3.05) is 24.1 Å². The molecule has 1 aliphatic rings. The van der Waals surface area contributed by atoms with Crippen LogP contribution in [0.4, 0.5) is 16.2 Å². The predicted octanol–water partition coefficient (Wildman–Crippen LogP) is 3.84. The number of halogens is 1. The van der Waals surface area contributed by atoms with Crippen LogP contribution in [-0.2, 0) is 4.74 Å². The summed E-state index contributed by atoms with van der Waals surface area (Å²) >= 11 is 3.45. The number of anilines is 2. The second kappa shape index (κ2) is 6.77. The van der Waals surface area contributed by atoms with E-state index < -0.39 is 5.60 Å². The quantitative estimate of drug-likeness (QED) is 0.777. The summed E-state index contributed by atoms with van der Waals surface area (Å²) < 4.78 is 6.42. The number of likely N-dealkylation sites (tertiary alicyclic amines) is 1. The molecular weight excluding hydrogens is 346 g/mol. The Morgan fingerprint density at radius 1 is 1.45 bits per heavy atom. The molecular formula is C16H24BrN3O2. The van der Waals surface area contributed by atoms with Crippen molar-refractivity contribution in [2.24, 2.45) is 0 Å². The lowest BCUT2D eigenvalue weighted by molar-refractivity contribution is 0.0206. The highest BCUT2D eigenvalue weighted by molar-refractivity contribution is 9.10. The molecule has 0 bridgehead atoms. The maximum absolute atomic E-state index is 12.2. The summed E-state index contributed by atoms with van der Waals surface area (Å²) in [6.45, 7) is 7.01. The van der Waals surface area contributed by atoms with Gasteiger partial charge in [-0.3, -0.25) is 0 Å². The molecule has 1 fully saturated rings. The highest BCUT2D eigenvalue weighted by atomic mass is 79.9. The van der Waals surface area contributed by atoms with Gasteiger partial charge in [-0.05, 0) is 51.8 Å². The second-order valence-corrected chi connectivity index (χ2v) is 7.56. The smallest absolute Gasteiger partial charge is 0.410 e. The minimum absolute atomic E-state index is 0.179. The van der Waals surface area contributed by atoms with E-state index in [1.54, 1.807) is 4.90 Å². The summed E-state index contributed by atoms with van der Waals surface area (Å²) in [4.78, 5) is 13.9. The molecule has 122 valence electrons. The Kier molecular flexibility index (Phi) is 5.21. The molecule has 1 aromatic carbocycles. The lowest BCUT2D eigenvalue weighted by Gasteiger charge is -2.35. The van der Waals surface area contributed by atoms with Gasteiger partial charge in [-0.1, -0.05) is 15.9 Å². The fourth-order valence-electron chi connectivity index (χ4n) is 2.46. The number of nitrogens with one attached hydrogen (secondary N) is 1. The molecule has 6 heteroatoms. The number of nitrogen functional groups attached to an aromatic ring is 1. The zero-order valence-electron chi connectivity index (χ0n) is 13.4. The first-order valence-electron chi connectivity index (χ1n) is 7.54. The number of rotatable bonds is 2. The molecule has 1 amide bonds. The summed E-state index contributed by atoms with van der Waals surface area (Å²) in [6.07, 6.45) is 1.71. The number of hydrogen-bond donors (Lipinski definition) is 2. The first-order chi connectivity index (χ1) is 10.2. The molecule has 1 aromatic rings. The number of hydrogen-bond acceptors (Lipinski definition) is 4. The van der Waals surface area contributed by atoms with E-state index in [1.165, 1.54) is 0 Å². The Morgan fingerprint density at radius 3 is 2.86 bits per heavy atom. The monoisotopic (exact) mass is 369 g/mol. The highest BCUT2D eigenvalue weighted by Crippen LogP contribution is 2.26. The highest BCUT2D eigenvalue weighted by Gasteiger charge is 2.27. The maximum Gasteiger partial charge on any atom is 0.410 e. The number of benzene rings is 1. The van der Waals surface area contributed by atoms with Gasteiger partial charge in [0.05, 0.1) is 11.4 Å². The van der Waals surface area contributed by atoms with E-state index >= 15 is 0 Å². The van der Waals surface area contributed by atoms with E-state index in [2.05, 4.69) is 21.2 Å². The zero-order valence-corrected chi connectivity index (χ0v) is 14.9. The molecule has 0 aromatic heterocycles. The van der Waals surface area contributed by atoms with Crippen LogP contribution in [0, 0.1) is 0 Å². The molecule has 1 heterocycles. The minimum Gasteiger partial charge on any atom is -0.444 e. The summed E-state index contributed by atoms with van der Waals surface area (Å²) in [5.74, 6) is 0. The average molecular weight is 370 g/mol. The molecule has 1 aliphatic heterocycles. The molecule has 5 nitrogen and oxygen atoms in total. The van der Waals surface area contributed by atoms with Crippen molar-refractivity contribution in [3.05, 3.63) is 22.7 Å². The van der Waals surface area contributed by atoms with Crippen molar-refractivity contribution in [3.8, 4) is 0 Å². The number of nitrogens with two attached hydrogens (primary N) is 1. The van der Waals surface area contributed by atoms with Crippen molar-refractivity contribution in [3.63, 3.8) is 0 Å². The van der Waals surface area contributed by atoms with Crippen LogP contribution in [0.2, 0.25) is 0 Å². The molecule has 2 rings (SSSR count). The molecule has 1 saturated heterocycles. The van der Waals surface area contributed by atoms with Gasteiger partial charge in [0.2, 0.25) is 0 Å². The third-order valence-corrected chi connectivity index (χ3v) is 3.94. The van der Waals surface area contributed by atoms with Gasteiger partial charge < -0.3 is 20.7 Å². The fourth-order valence-corrected chi connectivity index (χ4v) is 2.82. The Morgan fingerprint density at radius 2 is 2.18 bits per heavy atom. The third-order valence-electron chi connectivity index (χ3n) is 3.45. The number of piperidine rings is 1.